The molecule has 3 aromatic carbocycles. The summed E-state index contributed by atoms with van der Waals surface area (Å²) in [6, 6.07) is 16.5. The van der Waals surface area contributed by atoms with E-state index < -0.39 is 47.3 Å². The van der Waals surface area contributed by atoms with Crippen LogP contribution >= 0.6 is 23.2 Å². The van der Waals surface area contributed by atoms with Crippen LogP contribution in [0.2, 0.25) is 10.0 Å². The molecule has 1 N–H and O–H groups in total. The predicted octanol–water partition coefficient (Wildman–Crippen LogP) is 4.43. The summed E-state index contributed by atoms with van der Waals surface area (Å²) in [7, 11) is 1.58. The molecule has 10 nitrogen and oxygen atoms in total. The first kappa shape index (κ1) is 31.5. The zero-order valence-corrected chi connectivity index (χ0v) is 25.4. The number of nitrogens with zero attached hydrogens (tertiary/aromatic N) is 2. The Hall–Kier alpha value is -4.41. The first-order chi connectivity index (χ1) is 20.3. The minimum absolute atomic E-state index is 0.0235. The summed E-state index contributed by atoms with van der Waals surface area (Å²) in [4.78, 5) is 64.5. The number of benzene rings is 3. The molecule has 1 atom stereocenters. The van der Waals surface area contributed by atoms with Crippen LogP contribution < -0.4 is 16.6 Å². The highest BCUT2D eigenvalue weighted by molar-refractivity contribution is 6.39. The summed E-state index contributed by atoms with van der Waals surface area (Å²) >= 11 is 12.4. The standard InChI is InChI=1S/C31H29Cl2N3O7/c1-31(2,3)29(40)43-17-42-28(39)23(34-26(37)25-21(32)9-7-10-22(25)33)16-18-12-14-19(15-13-18)36-27(38)20-8-5-6-11-24(20)35(4)30(36)41/h5-15,23H,16-17H2,1-4H3,(H,34,37). The molecule has 4 rings (SSSR count). The maximum absolute atomic E-state index is 13.2. The molecule has 0 fully saturated rings. The van der Waals surface area contributed by atoms with E-state index in [1.54, 1.807) is 82.4 Å². The van der Waals surface area contributed by atoms with Crippen molar-refractivity contribution in [2.45, 2.75) is 33.2 Å². The smallest absolute Gasteiger partial charge is 0.335 e. The second-order valence-electron chi connectivity index (χ2n) is 10.8. The monoisotopic (exact) mass is 625 g/mol. The third-order valence-corrected chi connectivity index (χ3v) is 7.22. The molecular weight excluding hydrogens is 597 g/mol. The Bertz CT molecular complexity index is 1800. The molecule has 12 heteroatoms. The van der Waals surface area contributed by atoms with Gasteiger partial charge < -0.3 is 14.8 Å². The van der Waals surface area contributed by atoms with Gasteiger partial charge in [-0.1, -0.05) is 53.5 Å². The number of nitrogens with one attached hydrogen (secondary N) is 1. The molecule has 0 saturated carbocycles. The van der Waals surface area contributed by atoms with Crippen LogP contribution in [0.3, 0.4) is 0 Å². The maximum atomic E-state index is 13.2. The lowest BCUT2D eigenvalue weighted by Crippen LogP contribution is -2.44. The summed E-state index contributed by atoms with van der Waals surface area (Å²) in [6.45, 7) is 4.30. The molecule has 4 aromatic rings. The van der Waals surface area contributed by atoms with E-state index >= 15 is 0 Å². The molecule has 1 unspecified atom stereocenters. The van der Waals surface area contributed by atoms with Gasteiger partial charge in [0.25, 0.3) is 11.5 Å². The van der Waals surface area contributed by atoms with Crippen molar-refractivity contribution in [1.82, 2.24) is 14.5 Å². The van der Waals surface area contributed by atoms with Crippen LogP contribution in [0.5, 0.6) is 0 Å². The number of aryl methyl sites for hydroxylation is 1. The molecule has 0 aliphatic carbocycles. The number of hydrogen-bond donors (Lipinski definition) is 1. The van der Waals surface area contributed by atoms with Gasteiger partial charge in [-0.05, 0) is 62.7 Å². The van der Waals surface area contributed by atoms with Gasteiger partial charge in [-0.25, -0.2) is 14.2 Å². The number of carbonyl (C=O) groups is 3. The third-order valence-electron chi connectivity index (χ3n) is 6.59. The number of fused-ring (bicyclic) bond motifs is 1. The molecule has 0 bridgehead atoms. The van der Waals surface area contributed by atoms with Crippen molar-refractivity contribution in [3.05, 3.63) is 109 Å². The molecule has 43 heavy (non-hydrogen) atoms. The van der Waals surface area contributed by atoms with Crippen LogP contribution in [0.15, 0.2) is 76.3 Å². The molecule has 0 saturated heterocycles. The summed E-state index contributed by atoms with van der Waals surface area (Å²) in [6.07, 6.45) is -0.0508. The van der Waals surface area contributed by atoms with Crippen molar-refractivity contribution in [2.75, 3.05) is 6.79 Å². The highest BCUT2D eigenvalue weighted by Gasteiger charge is 2.27. The van der Waals surface area contributed by atoms with Crippen molar-refractivity contribution in [3.8, 4) is 5.69 Å². The average molecular weight is 626 g/mol. The molecule has 1 heterocycles. The Kier molecular flexibility index (Phi) is 9.42. The van der Waals surface area contributed by atoms with Gasteiger partial charge in [-0.3, -0.25) is 19.0 Å². The summed E-state index contributed by atoms with van der Waals surface area (Å²) in [5, 5.41) is 3.14. The number of amides is 1. The fourth-order valence-electron chi connectivity index (χ4n) is 4.25. The van der Waals surface area contributed by atoms with E-state index in [1.165, 1.54) is 16.7 Å². The fraction of sp³-hybridized carbons (Fsp3) is 0.258. The number of rotatable bonds is 8. The minimum atomic E-state index is -1.24. The van der Waals surface area contributed by atoms with Crippen LogP contribution in [0.1, 0.15) is 36.7 Å². The molecule has 1 aromatic heterocycles. The fourth-order valence-corrected chi connectivity index (χ4v) is 4.82. The number of halogens is 2. The Morgan fingerprint density at radius 1 is 0.884 bits per heavy atom. The van der Waals surface area contributed by atoms with Crippen LogP contribution in [0.25, 0.3) is 16.6 Å². The molecule has 1 amide bonds. The van der Waals surface area contributed by atoms with Gasteiger partial charge in [0.15, 0.2) is 0 Å². The van der Waals surface area contributed by atoms with Crippen LogP contribution in [0, 0.1) is 5.41 Å². The first-order valence-electron chi connectivity index (χ1n) is 13.2. The van der Waals surface area contributed by atoms with Crippen LogP contribution in [-0.2, 0) is 32.5 Å². The van der Waals surface area contributed by atoms with Gasteiger partial charge in [0.1, 0.15) is 6.04 Å². The van der Waals surface area contributed by atoms with Gasteiger partial charge in [0.05, 0.1) is 37.6 Å². The van der Waals surface area contributed by atoms with Gasteiger partial charge in [-0.15, -0.1) is 0 Å². The summed E-state index contributed by atoms with van der Waals surface area (Å²) in [5.41, 5.74) is -0.433. The predicted molar refractivity (Wildman–Crippen MR) is 163 cm³/mol. The van der Waals surface area contributed by atoms with E-state index in [0.717, 1.165) is 4.57 Å². The number of para-hydroxylation sites is 1. The molecule has 0 aliphatic heterocycles. The zero-order valence-electron chi connectivity index (χ0n) is 23.9. The third kappa shape index (κ3) is 6.98. The average Bonchev–Trinajstić information content (AvgIpc) is 2.96. The van der Waals surface area contributed by atoms with E-state index in [1.807, 2.05) is 0 Å². The molecular formula is C31H29Cl2N3O7. The Balaban J connectivity index is 1.60. The second kappa shape index (κ2) is 12.8. The Labute approximate surface area is 256 Å². The second-order valence-corrected chi connectivity index (χ2v) is 11.6. The topological polar surface area (TPSA) is 126 Å². The van der Waals surface area contributed by atoms with Gasteiger partial charge in [0.2, 0.25) is 6.79 Å². The highest BCUT2D eigenvalue weighted by Crippen LogP contribution is 2.24. The number of aromatic nitrogens is 2. The maximum Gasteiger partial charge on any atom is 0.335 e. The number of hydrogen-bond acceptors (Lipinski definition) is 7. The lowest BCUT2D eigenvalue weighted by Gasteiger charge is -2.20. The molecule has 0 radical (unpaired) electrons. The summed E-state index contributed by atoms with van der Waals surface area (Å²) in [5.74, 6) is -2.16. The highest BCUT2D eigenvalue weighted by atomic mass is 35.5. The van der Waals surface area contributed by atoms with E-state index in [9.17, 15) is 24.0 Å². The lowest BCUT2D eigenvalue weighted by atomic mass is 9.98. The quantitative estimate of drug-likeness (QED) is 0.227. The molecule has 0 aliphatic rings. The number of ether oxygens (including phenoxy) is 2. The van der Waals surface area contributed by atoms with E-state index in [-0.39, 0.29) is 22.0 Å². The number of carbonyl (C=O) groups excluding carboxylic acids is 3. The lowest BCUT2D eigenvalue weighted by molar-refractivity contribution is -0.174. The van der Waals surface area contributed by atoms with Crippen molar-refractivity contribution in [2.24, 2.45) is 12.5 Å². The van der Waals surface area contributed by atoms with E-state index in [4.69, 9.17) is 32.7 Å². The Morgan fingerprint density at radius 3 is 2.14 bits per heavy atom. The normalized spacial score (nSPS) is 12.0. The zero-order chi connectivity index (χ0) is 31.5. The van der Waals surface area contributed by atoms with Crippen molar-refractivity contribution >= 4 is 52.0 Å². The van der Waals surface area contributed by atoms with E-state index in [2.05, 4.69) is 5.32 Å². The van der Waals surface area contributed by atoms with Crippen molar-refractivity contribution < 1.29 is 23.9 Å². The SMILES string of the molecule is Cn1c(=O)n(-c2ccc(CC(NC(=O)c3c(Cl)cccc3Cl)C(=O)OCOC(=O)C(C)(C)C)cc2)c(=O)c2ccccc21. The van der Waals surface area contributed by atoms with Gasteiger partial charge in [0, 0.05) is 13.5 Å². The Morgan fingerprint density at radius 2 is 1.51 bits per heavy atom. The molecule has 224 valence electrons. The first-order valence-corrected chi connectivity index (χ1v) is 13.9. The van der Waals surface area contributed by atoms with Gasteiger partial charge >= 0.3 is 17.6 Å². The van der Waals surface area contributed by atoms with Gasteiger partial charge in [-0.2, -0.15) is 0 Å². The van der Waals surface area contributed by atoms with E-state index in [0.29, 0.717) is 22.2 Å². The largest absolute Gasteiger partial charge is 0.427 e. The minimum Gasteiger partial charge on any atom is -0.427 e. The summed E-state index contributed by atoms with van der Waals surface area (Å²) < 4.78 is 12.6. The van der Waals surface area contributed by atoms with Crippen molar-refractivity contribution in [3.63, 3.8) is 0 Å². The number of esters is 2. The molecule has 0 spiro atoms. The van der Waals surface area contributed by atoms with Crippen molar-refractivity contribution in [1.29, 1.82) is 0 Å². The van der Waals surface area contributed by atoms with Crippen LogP contribution in [0.4, 0.5) is 0 Å². The van der Waals surface area contributed by atoms with Crippen LogP contribution in [-0.4, -0.2) is 39.8 Å².